The number of benzene rings is 2. The Labute approximate surface area is 124 Å². The number of nitrogens with one attached hydrogen (secondary N) is 1. The van der Waals surface area contributed by atoms with Gasteiger partial charge in [0.25, 0.3) is 5.91 Å². The van der Waals surface area contributed by atoms with Crippen LogP contribution in [0.4, 0.5) is 5.69 Å². The van der Waals surface area contributed by atoms with E-state index in [4.69, 9.17) is 0 Å². The summed E-state index contributed by atoms with van der Waals surface area (Å²) < 4.78 is 0.876. The molecule has 0 atom stereocenters. The zero-order valence-electron chi connectivity index (χ0n) is 10.5. The van der Waals surface area contributed by atoms with Crippen molar-refractivity contribution in [3.8, 4) is 0 Å². The molecular weight excluding hydrogens is 316 g/mol. The van der Waals surface area contributed by atoms with Crippen LogP contribution in [0, 0.1) is 0 Å². The lowest BCUT2D eigenvalue weighted by Crippen LogP contribution is -2.12. The maximum atomic E-state index is 12.3. The summed E-state index contributed by atoms with van der Waals surface area (Å²) in [5.74, 6) is -0.149. The molecule has 20 heavy (non-hydrogen) atoms. The van der Waals surface area contributed by atoms with Crippen molar-refractivity contribution in [1.29, 1.82) is 0 Å². The monoisotopic (exact) mass is 326 g/mol. The van der Waals surface area contributed by atoms with Crippen LogP contribution >= 0.6 is 15.9 Å². The average Bonchev–Trinajstić information content (AvgIpc) is 2.47. The summed E-state index contributed by atoms with van der Waals surface area (Å²) in [6.07, 6.45) is 1.72. The van der Waals surface area contributed by atoms with Crippen molar-refractivity contribution in [2.45, 2.75) is 0 Å². The number of carbonyl (C=O) groups excluding carboxylic acids is 1. The third kappa shape index (κ3) is 2.56. The fourth-order valence-electron chi connectivity index (χ4n) is 2.03. The van der Waals surface area contributed by atoms with Crippen LogP contribution in [-0.2, 0) is 0 Å². The molecule has 3 nitrogen and oxygen atoms in total. The van der Waals surface area contributed by atoms with Crippen molar-refractivity contribution in [2.75, 3.05) is 5.32 Å². The van der Waals surface area contributed by atoms with Crippen LogP contribution in [0.2, 0.25) is 0 Å². The molecule has 98 valence electrons. The number of halogens is 1. The fraction of sp³-hybridized carbons (Fsp3) is 0. The minimum Gasteiger partial charge on any atom is -0.320 e. The van der Waals surface area contributed by atoms with E-state index in [1.165, 1.54) is 0 Å². The van der Waals surface area contributed by atoms with Crippen molar-refractivity contribution >= 4 is 38.4 Å². The summed E-state index contributed by atoms with van der Waals surface area (Å²) in [6, 6.07) is 16.9. The lowest BCUT2D eigenvalue weighted by atomic mass is 10.1. The first kappa shape index (κ1) is 12.8. The van der Waals surface area contributed by atoms with Crippen molar-refractivity contribution in [3.05, 3.63) is 70.8 Å². The molecule has 1 aromatic heterocycles. The van der Waals surface area contributed by atoms with Gasteiger partial charge in [0.2, 0.25) is 0 Å². The molecule has 1 N–H and O–H groups in total. The lowest BCUT2D eigenvalue weighted by Gasteiger charge is -2.08. The molecule has 3 aromatic rings. The number of pyridine rings is 1. The Morgan fingerprint density at radius 1 is 1.05 bits per heavy atom. The van der Waals surface area contributed by atoms with Crippen LogP contribution in [0.3, 0.4) is 0 Å². The van der Waals surface area contributed by atoms with E-state index >= 15 is 0 Å². The van der Waals surface area contributed by atoms with Gasteiger partial charge in [0.15, 0.2) is 0 Å². The van der Waals surface area contributed by atoms with E-state index in [0.717, 1.165) is 15.4 Å². The van der Waals surface area contributed by atoms with E-state index in [1.54, 1.807) is 18.3 Å². The van der Waals surface area contributed by atoms with E-state index in [1.807, 2.05) is 42.5 Å². The number of fused-ring (bicyclic) bond motifs is 1. The summed E-state index contributed by atoms with van der Waals surface area (Å²) >= 11 is 3.36. The minimum absolute atomic E-state index is 0.149. The van der Waals surface area contributed by atoms with Gasteiger partial charge in [0.1, 0.15) is 0 Å². The Hall–Kier alpha value is -2.20. The summed E-state index contributed by atoms with van der Waals surface area (Å²) in [5, 5.41) is 3.91. The second-order valence-corrected chi connectivity index (χ2v) is 5.26. The molecule has 1 heterocycles. The molecule has 0 saturated carbocycles. The second kappa shape index (κ2) is 5.43. The van der Waals surface area contributed by atoms with Crippen LogP contribution in [0.15, 0.2) is 65.3 Å². The third-order valence-electron chi connectivity index (χ3n) is 2.97. The summed E-state index contributed by atoms with van der Waals surface area (Å²) in [4.78, 5) is 16.6. The highest BCUT2D eigenvalue weighted by atomic mass is 79.9. The molecule has 1 amide bonds. The van der Waals surface area contributed by atoms with Gasteiger partial charge < -0.3 is 5.32 Å². The zero-order valence-corrected chi connectivity index (χ0v) is 12.1. The molecule has 3 rings (SSSR count). The van der Waals surface area contributed by atoms with E-state index in [9.17, 15) is 4.79 Å². The van der Waals surface area contributed by atoms with Crippen molar-refractivity contribution < 1.29 is 4.79 Å². The number of aromatic nitrogens is 1. The van der Waals surface area contributed by atoms with Gasteiger partial charge in [-0.05, 0) is 30.3 Å². The molecule has 0 aliphatic heterocycles. The molecule has 0 aliphatic carbocycles. The quantitative estimate of drug-likeness (QED) is 0.764. The predicted molar refractivity (Wildman–Crippen MR) is 83.8 cm³/mol. The van der Waals surface area contributed by atoms with E-state index in [0.29, 0.717) is 11.3 Å². The average molecular weight is 327 g/mol. The number of anilines is 1. The van der Waals surface area contributed by atoms with Gasteiger partial charge in [-0.25, -0.2) is 0 Å². The van der Waals surface area contributed by atoms with E-state index in [2.05, 4.69) is 26.2 Å². The molecule has 2 aromatic carbocycles. The highest BCUT2D eigenvalue weighted by Crippen LogP contribution is 2.21. The smallest absolute Gasteiger partial charge is 0.255 e. The minimum atomic E-state index is -0.149. The first-order chi connectivity index (χ1) is 9.74. The van der Waals surface area contributed by atoms with Gasteiger partial charge >= 0.3 is 0 Å². The highest BCUT2D eigenvalue weighted by Gasteiger charge is 2.09. The Bertz CT molecular complexity index is 781. The Kier molecular flexibility index (Phi) is 3.48. The lowest BCUT2D eigenvalue weighted by molar-refractivity contribution is 0.102. The van der Waals surface area contributed by atoms with E-state index < -0.39 is 0 Å². The van der Waals surface area contributed by atoms with E-state index in [-0.39, 0.29) is 5.91 Å². The van der Waals surface area contributed by atoms with Gasteiger partial charge in [0, 0.05) is 21.6 Å². The maximum absolute atomic E-state index is 12.3. The zero-order chi connectivity index (χ0) is 13.9. The SMILES string of the molecule is O=C(Nc1cccc2cccnc12)c1cccc(Br)c1. The number of rotatable bonds is 2. The highest BCUT2D eigenvalue weighted by molar-refractivity contribution is 9.10. The Morgan fingerprint density at radius 2 is 1.85 bits per heavy atom. The molecule has 0 bridgehead atoms. The Balaban J connectivity index is 1.95. The number of amides is 1. The fourth-order valence-corrected chi connectivity index (χ4v) is 2.43. The number of hydrogen-bond donors (Lipinski definition) is 1. The molecule has 0 fully saturated rings. The molecule has 0 aliphatic rings. The van der Waals surface area contributed by atoms with Crippen molar-refractivity contribution in [3.63, 3.8) is 0 Å². The molecule has 0 radical (unpaired) electrons. The van der Waals surface area contributed by atoms with Crippen LogP contribution in [0.25, 0.3) is 10.9 Å². The summed E-state index contributed by atoms with van der Waals surface area (Å²) in [6.45, 7) is 0. The first-order valence-electron chi connectivity index (χ1n) is 6.15. The number of para-hydroxylation sites is 1. The van der Waals surface area contributed by atoms with Crippen molar-refractivity contribution in [2.24, 2.45) is 0 Å². The third-order valence-corrected chi connectivity index (χ3v) is 3.46. The first-order valence-corrected chi connectivity index (χ1v) is 6.94. The van der Waals surface area contributed by atoms with Gasteiger partial charge in [-0.3, -0.25) is 9.78 Å². The number of hydrogen-bond acceptors (Lipinski definition) is 2. The van der Waals surface area contributed by atoms with Crippen LogP contribution in [-0.4, -0.2) is 10.9 Å². The molecular formula is C16H11BrN2O. The molecule has 0 saturated heterocycles. The van der Waals surface area contributed by atoms with Gasteiger partial charge in [-0.15, -0.1) is 0 Å². The van der Waals surface area contributed by atoms with Gasteiger partial charge in [-0.1, -0.05) is 40.2 Å². The Morgan fingerprint density at radius 3 is 2.70 bits per heavy atom. The van der Waals surface area contributed by atoms with Crippen LogP contribution in [0.5, 0.6) is 0 Å². The summed E-state index contributed by atoms with van der Waals surface area (Å²) in [7, 11) is 0. The van der Waals surface area contributed by atoms with Crippen molar-refractivity contribution in [1.82, 2.24) is 4.98 Å². The van der Waals surface area contributed by atoms with Crippen LogP contribution < -0.4 is 5.32 Å². The largest absolute Gasteiger partial charge is 0.320 e. The standard InChI is InChI=1S/C16H11BrN2O/c17-13-7-1-5-12(10-13)16(20)19-14-8-2-4-11-6-3-9-18-15(11)14/h1-10H,(H,19,20). The van der Waals surface area contributed by atoms with Gasteiger partial charge in [0.05, 0.1) is 11.2 Å². The van der Waals surface area contributed by atoms with Crippen LogP contribution in [0.1, 0.15) is 10.4 Å². The normalized spacial score (nSPS) is 10.4. The predicted octanol–water partition coefficient (Wildman–Crippen LogP) is 4.25. The molecule has 0 spiro atoms. The number of carbonyl (C=O) groups is 1. The second-order valence-electron chi connectivity index (χ2n) is 4.35. The number of nitrogens with zero attached hydrogens (tertiary/aromatic N) is 1. The molecule has 0 unspecified atom stereocenters. The van der Waals surface area contributed by atoms with Gasteiger partial charge in [-0.2, -0.15) is 0 Å². The topological polar surface area (TPSA) is 42.0 Å². The summed E-state index contributed by atoms with van der Waals surface area (Å²) in [5.41, 5.74) is 2.11. The molecule has 4 heteroatoms. The maximum Gasteiger partial charge on any atom is 0.255 e.